The predicted molar refractivity (Wildman–Crippen MR) is 107 cm³/mol. The van der Waals surface area contributed by atoms with Gasteiger partial charge in [-0.25, -0.2) is 17.9 Å². The number of fused-ring (bicyclic) bond motifs is 1. The Morgan fingerprint density at radius 1 is 1.25 bits per heavy atom. The molecule has 1 heterocycles. The van der Waals surface area contributed by atoms with Crippen LogP contribution < -0.4 is 14.9 Å². The Morgan fingerprint density at radius 3 is 2.46 bits per heavy atom. The second-order valence-corrected chi connectivity index (χ2v) is 8.91. The molecule has 2 aromatic rings. The first kappa shape index (κ1) is 20.3. The van der Waals surface area contributed by atoms with Crippen LogP contribution in [0.4, 0.5) is 15.8 Å². The van der Waals surface area contributed by atoms with Crippen LogP contribution in [0.15, 0.2) is 47.4 Å². The molecule has 0 radical (unpaired) electrons. The molecule has 1 amide bonds. The van der Waals surface area contributed by atoms with Crippen LogP contribution >= 0.6 is 0 Å². The molecular weight excluding hydrogens is 381 g/mol. The number of nitrogens with zero attached hydrogens (tertiary/aromatic N) is 2. The summed E-state index contributed by atoms with van der Waals surface area (Å²) in [6, 6.07) is 10.6. The molecule has 2 aromatic carbocycles. The Hall–Kier alpha value is -2.45. The van der Waals surface area contributed by atoms with Gasteiger partial charge < -0.3 is 9.80 Å². The molecule has 1 aliphatic heterocycles. The number of nitrogens with two attached hydrogens (primary N) is 1. The number of primary sulfonamides is 1. The van der Waals surface area contributed by atoms with Gasteiger partial charge in [0.1, 0.15) is 5.82 Å². The van der Waals surface area contributed by atoms with Crippen LogP contribution in [-0.2, 0) is 21.2 Å². The van der Waals surface area contributed by atoms with Crippen LogP contribution in [0.3, 0.4) is 0 Å². The van der Waals surface area contributed by atoms with Gasteiger partial charge in [-0.1, -0.05) is 0 Å². The van der Waals surface area contributed by atoms with Crippen molar-refractivity contribution >= 4 is 27.3 Å². The van der Waals surface area contributed by atoms with Gasteiger partial charge in [0.15, 0.2) is 0 Å². The summed E-state index contributed by atoms with van der Waals surface area (Å²) in [7, 11) is -3.79. The van der Waals surface area contributed by atoms with Crippen molar-refractivity contribution < 1.29 is 17.6 Å². The summed E-state index contributed by atoms with van der Waals surface area (Å²) in [6.45, 7) is 5.99. The highest BCUT2D eigenvalue weighted by atomic mass is 32.2. The maximum absolute atomic E-state index is 13.2. The highest BCUT2D eigenvalue weighted by Gasteiger charge is 2.32. The average Bonchev–Trinajstić information content (AvgIpc) is 2.94. The Bertz CT molecular complexity index is 990. The standard InChI is InChI=1S/C20H24FN3O3S/c1-13(2)23(17-6-4-16(21)5-7-17)12-20(25)24-14(3)10-15-11-18(28(22,26)27)8-9-19(15)24/h4-9,11,13-14H,10,12H2,1-3H3,(H2,22,26,27)/t14-/m0/s1. The average molecular weight is 405 g/mol. The first-order chi connectivity index (χ1) is 13.1. The van der Waals surface area contributed by atoms with Gasteiger partial charge >= 0.3 is 0 Å². The van der Waals surface area contributed by atoms with Gasteiger partial charge in [-0.3, -0.25) is 4.79 Å². The highest BCUT2D eigenvalue weighted by Crippen LogP contribution is 2.34. The summed E-state index contributed by atoms with van der Waals surface area (Å²) < 4.78 is 36.4. The van der Waals surface area contributed by atoms with Crippen molar-refractivity contribution in [3.05, 3.63) is 53.8 Å². The largest absolute Gasteiger partial charge is 0.360 e. The maximum atomic E-state index is 13.2. The van der Waals surface area contributed by atoms with Crippen LogP contribution in [0.25, 0.3) is 0 Å². The van der Waals surface area contributed by atoms with E-state index in [4.69, 9.17) is 5.14 Å². The Kier molecular flexibility index (Phi) is 5.45. The number of carbonyl (C=O) groups is 1. The predicted octanol–water partition coefficient (Wildman–Crippen LogP) is 2.67. The first-order valence-electron chi connectivity index (χ1n) is 9.08. The van der Waals surface area contributed by atoms with Gasteiger partial charge in [-0.05, 0) is 75.2 Å². The van der Waals surface area contributed by atoms with E-state index in [1.165, 1.54) is 24.3 Å². The summed E-state index contributed by atoms with van der Waals surface area (Å²) in [4.78, 5) is 16.8. The number of carbonyl (C=O) groups excluding carboxylic acids is 1. The van der Waals surface area contributed by atoms with Gasteiger partial charge in [0.05, 0.1) is 11.4 Å². The topological polar surface area (TPSA) is 83.7 Å². The molecule has 0 bridgehead atoms. The summed E-state index contributed by atoms with van der Waals surface area (Å²) in [5.41, 5.74) is 2.25. The Balaban J connectivity index is 1.87. The molecule has 0 unspecified atom stereocenters. The van der Waals surface area contributed by atoms with E-state index in [1.807, 2.05) is 25.7 Å². The van der Waals surface area contributed by atoms with Gasteiger partial charge in [-0.2, -0.15) is 0 Å². The molecule has 1 aliphatic rings. The lowest BCUT2D eigenvalue weighted by Crippen LogP contribution is -2.45. The Morgan fingerprint density at radius 2 is 1.89 bits per heavy atom. The van der Waals surface area contributed by atoms with E-state index in [0.29, 0.717) is 12.1 Å². The van der Waals surface area contributed by atoms with Gasteiger partial charge in [0.2, 0.25) is 15.9 Å². The van der Waals surface area contributed by atoms with Gasteiger partial charge in [-0.15, -0.1) is 0 Å². The number of hydrogen-bond acceptors (Lipinski definition) is 4. The summed E-state index contributed by atoms with van der Waals surface area (Å²) in [6.07, 6.45) is 0.558. The molecule has 0 spiro atoms. The third-order valence-electron chi connectivity index (χ3n) is 4.95. The lowest BCUT2D eigenvalue weighted by Gasteiger charge is -2.32. The number of halogens is 1. The van der Waals surface area contributed by atoms with Crippen molar-refractivity contribution in [1.82, 2.24) is 0 Å². The molecule has 0 fully saturated rings. The molecule has 8 heteroatoms. The molecule has 28 heavy (non-hydrogen) atoms. The zero-order chi connectivity index (χ0) is 20.6. The minimum absolute atomic E-state index is 0.0385. The van der Waals surface area contributed by atoms with Crippen molar-refractivity contribution in [2.75, 3.05) is 16.3 Å². The fourth-order valence-electron chi connectivity index (χ4n) is 3.59. The molecule has 0 aromatic heterocycles. The second-order valence-electron chi connectivity index (χ2n) is 7.35. The molecule has 1 atom stereocenters. The van der Waals surface area contributed by atoms with Crippen LogP contribution in [-0.4, -0.2) is 33.0 Å². The van der Waals surface area contributed by atoms with E-state index in [9.17, 15) is 17.6 Å². The molecule has 2 N–H and O–H groups in total. The van der Waals surface area contributed by atoms with Crippen molar-refractivity contribution in [1.29, 1.82) is 0 Å². The summed E-state index contributed by atoms with van der Waals surface area (Å²) in [5, 5.41) is 5.21. The van der Waals surface area contributed by atoms with Crippen molar-refractivity contribution in [2.24, 2.45) is 5.14 Å². The monoisotopic (exact) mass is 405 g/mol. The van der Waals surface area contributed by atoms with E-state index >= 15 is 0 Å². The van der Waals surface area contributed by atoms with E-state index < -0.39 is 10.0 Å². The highest BCUT2D eigenvalue weighted by molar-refractivity contribution is 7.89. The van der Waals surface area contributed by atoms with Crippen molar-refractivity contribution in [3.63, 3.8) is 0 Å². The fourth-order valence-corrected chi connectivity index (χ4v) is 4.16. The van der Waals surface area contributed by atoms with E-state index in [2.05, 4.69) is 0 Å². The Labute approximate surface area is 164 Å². The third-order valence-corrected chi connectivity index (χ3v) is 5.86. The normalized spacial score (nSPS) is 16.4. The van der Waals surface area contributed by atoms with Crippen LogP contribution in [0, 0.1) is 5.82 Å². The maximum Gasteiger partial charge on any atom is 0.246 e. The number of anilines is 2. The number of amides is 1. The molecule has 3 rings (SSSR count). The van der Waals surface area contributed by atoms with E-state index in [1.54, 1.807) is 23.1 Å². The molecular formula is C20H24FN3O3S. The lowest BCUT2D eigenvalue weighted by atomic mass is 10.1. The van der Waals surface area contributed by atoms with Crippen molar-refractivity contribution in [3.8, 4) is 0 Å². The molecule has 0 saturated heterocycles. The molecule has 6 nitrogen and oxygen atoms in total. The third kappa shape index (κ3) is 4.02. The second kappa shape index (κ2) is 7.52. The molecule has 150 valence electrons. The minimum Gasteiger partial charge on any atom is -0.360 e. The smallest absolute Gasteiger partial charge is 0.246 e. The number of sulfonamides is 1. The number of benzene rings is 2. The van der Waals surface area contributed by atoms with Crippen LogP contribution in [0.1, 0.15) is 26.3 Å². The van der Waals surface area contributed by atoms with Gasteiger partial charge in [0, 0.05) is 23.5 Å². The zero-order valence-corrected chi connectivity index (χ0v) is 16.9. The van der Waals surface area contributed by atoms with E-state index in [0.717, 1.165) is 11.3 Å². The fraction of sp³-hybridized carbons (Fsp3) is 0.350. The molecule has 0 aliphatic carbocycles. The number of rotatable bonds is 5. The first-order valence-corrected chi connectivity index (χ1v) is 10.6. The van der Waals surface area contributed by atoms with Crippen LogP contribution in [0.2, 0.25) is 0 Å². The van der Waals surface area contributed by atoms with E-state index in [-0.39, 0.29) is 35.2 Å². The minimum atomic E-state index is -3.79. The lowest BCUT2D eigenvalue weighted by molar-refractivity contribution is -0.117. The number of hydrogen-bond donors (Lipinski definition) is 1. The SMILES string of the molecule is CC(C)N(CC(=O)N1c2ccc(S(N)(=O)=O)cc2C[C@@H]1C)c1ccc(F)cc1. The van der Waals surface area contributed by atoms with Gasteiger partial charge in [0.25, 0.3) is 0 Å². The van der Waals surface area contributed by atoms with Crippen LogP contribution in [0.5, 0.6) is 0 Å². The summed E-state index contributed by atoms with van der Waals surface area (Å²) in [5.74, 6) is -0.431. The zero-order valence-electron chi connectivity index (χ0n) is 16.1. The molecule has 0 saturated carbocycles. The summed E-state index contributed by atoms with van der Waals surface area (Å²) >= 11 is 0. The van der Waals surface area contributed by atoms with Crippen molar-refractivity contribution in [2.45, 2.75) is 44.2 Å². The quantitative estimate of drug-likeness (QED) is 0.829.